The molecule has 1 aliphatic rings. The molecule has 2 rings (SSSR count). The van der Waals surface area contributed by atoms with Crippen molar-refractivity contribution < 1.29 is 4.74 Å². The van der Waals surface area contributed by atoms with Gasteiger partial charge in [-0.25, -0.2) is 0 Å². The number of nitrogens with zero attached hydrogens (tertiary/aromatic N) is 1. The highest BCUT2D eigenvalue weighted by Crippen LogP contribution is 2.27. The summed E-state index contributed by atoms with van der Waals surface area (Å²) in [6.45, 7) is 7.09. The predicted octanol–water partition coefficient (Wildman–Crippen LogP) is 3.44. The van der Waals surface area contributed by atoms with Crippen LogP contribution in [0.3, 0.4) is 0 Å². The van der Waals surface area contributed by atoms with Gasteiger partial charge in [-0.3, -0.25) is 0 Å². The first-order valence-electron chi connectivity index (χ1n) is 5.75. The molecular formula is C15H17NO. The number of rotatable bonds is 3. The Bertz CT molecular complexity index is 468. The van der Waals surface area contributed by atoms with Crippen molar-refractivity contribution in [1.29, 1.82) is 0 Å². The van der Waals surface area contributed by atoms with E-state index in [1.165, 1.54) is 11.3 Å². The van der Waals surface area contributed by atoms with Crippen molar-refractivity contribution in [2.45, 2.75) is 6.92 Å². The molecule has 88 valence electrons. The predicted molar refractivity (Wildman–Crippen MR) is 71.6 cm³/mol. The van der Waals surface area contributed by atoms with Crippen molar-refractivity contribution in [2.75, 3.05) is 13.7 Å². The Morgan fingerprint density at radius 3 is 2.53 bits per heavy atom. The fourth-order valence-electron chi connectivity index (χ4n) is 1.97. The molecule has 0 radical (unpaired) electrons. The Labute approximate surface area is 103 Å². The lowest BCUT2D eigenvalue weighted by atomic mass is 10.1. The van der Waals surface area contributed by atoms with Crippen LogP contribution < -0.4 is 4.74 Å². The molecule has 0 saturated carbocycles. The Hall–Kier alpha value is -1.96. The van der Waals surface area contributed by atoms with E-state index in [0.717, 1.165) is 18.0 Å². The van der Waals surface area contributed by atoms with Gasteiger partial charge in [-0.15, -0.1) is 0 Å². The molecule has 17 heavy (non-hydrogen) atoms. The van der Waals surface area contributed by atoms with Crippen LogP contribution in [0.5, 0.6) is 5.75 Å². The van der Waals surface area contributed by atoms with E-state index < -0.39 is 0 Å². The summed E-state index contributed by atoms with van der Waals surface area (Å²) < 4.78 is 5.17. The third kappa shape index (κ3) is 2.26. The molecule has 0 atom stereocenters. The van der Waals surface area contributed by atoms with E-state index >= 15 is 0 Å². The van der Waals surface area contributed by atoms with Gasteiger partial charge in [0.15, 0.2) is 0 Å². The van der Waals surface area contributed by atoms with Gasteiger partial charge in [0.1, 0.15) is 5.75 Å². The zero-order chi connectivity index (χ0) is 12.3. The van der Waals surface area contributed by atoms with Gasteiger partial charge in [-0.2, -0.15) is 0 Å². The van der Waals surface area contributed by atoms with E-state index in [-0.39, 0.29) is 0 Å². The Balaban J connectivity index is 2.34. The second-order valence-electron chi connectivity index (χ2n) is 3.88. The highest BCUT2D eigenvalue weighted by Gasteiger charge is 2.13. The lowest BCUT2D eigenvalue weighted by molar-refractivity contribution is 0.414. The Kier molecular flexibility index (Phi) is 3.33. The summed E-state index contributed by atoms with van der Waals surface area (Å²) in [7, 11) is 1.68. The molecular weight excluding hydrogens is 210 g/mol. The van der Waals surface area contributed by atoms with Gasteiger partial charge >= 0.3 is 0 Å². The Morgan fingerprint density at radius 2 is 1.94 bits per heavy atom. The van der Waals surface area contributed by atoms with Crippen LogP contribution in [0, 0.1) is 0 Å². The topological polar surface area (TPSA) is 12.5 Å². The van der Waals surface area contributed by atoms with Crippen LogP contribution in [0.1, 0.15) is 12.5 Å². The smallest absolute Gasteiger partial charge is 0.118 e. The van der Waals surface area contributed by atoms with Crippen LogP contribution in [0.4, 0.5) is 0 Å². The van der Waals surface area contributed by atoms with Crippen molar-refractivity contribution in [3.8, 4) is 5.75 Å². The molecule has 0 bridgehead atoms. The normalized spacial score (nSPS) is 14.8. The maximum Gasteiger partial charge on any atom is 0.118 e. The maximum atomic E-state index is 5.17. The first-order chi connectivity index (χ1) is 8.26. The van der Waals surface area contributed by atoms with Gasteiger partial charge in [0.25, 0.3) is 0 Å². The molecule has 2 heteroatoms. The average molecular weight is 227 g/mol. The van der Waals surface area contributed by atoms with Gasteiger partial charge in [-0.05, 0) is 48.9 Å². The van der Waals surface area contributed by atoms with Gasteiger partial charge in [0, 0.05) is 17.9 Å². The zero-order valence-corrected chi connectivity index (χ0v) is 10.3. The molecule has 2 nitrogen and oxygen atoms in total. The lowest BCUT2D eigenvalue weighted by Crippen LogP contribution is -2.21. The van der Waals surface area contributed by atoms with Crippen molar-refractivity contribution in [1.82, 2.24) is 4.90 Å². The molecule has 1 aromatic carbocycles. The number of likely N-dealkylation sites (N-methyl/N-ethyl adjacent to an activating group) is 1. The van der Waals surface area contributed by atoms with E-state index in [2.05, 4.69) is 36.6 Å². The molecule has 0 saturated heterocycles. The molecule has 0 spiro atoms. The SMILES string of the molecule is C=C1C=CC=C(c2ccc(OC)cc2)N1CC. The van der Waals surface area contributed by atoms with E-state index in [9.17, 15) is 0 Å². The van der Waals surface area contributed by atoms with Crippen LogP contribution in [0.25, 0.3) is 5.70 Å². The van der Waals surface area contributed by atoms with Crippen LogP contribution in [-0.2, 0) is 0 Å². The van der Waals surface area contributed by atoms with Crippen LogP contribution in [0.2, 0.25) is 0 Å². The minimum absolute atomic E-state index is 0.877. The summed E-state index contributed by atoms with van der Waals surface area (Å²) >= 11 is 0. The number of hydrogen-bond donors (Lipinski definition) is 0. The van der Waals surface area contributed by atoms with Crippen LogP contribution >= 0.6 is 0 Å². The minimum atomic E-state index is 0.877. The molecule has 0 N–H and O–H groups in total. The minimum Gasteiger partial charge on any atom is -0.497 e. The summed E-state index contributed by atoms with van der Waals surface area (Å²) in [6, 6.07) is 8.09. The fourth-order valence-corrected chi connectivity index (χ4v) is 1.97. The van der Waals surface area contributed by atoms with E-state index in [4.69, 9.17) is 4.74 Å². The molecule has 1 heterocycles. The molecule has 0 amide bonds. The highest BCUT2D eigenvalue weighted by atomic mass is 16.5. The van der Waals surface area contributed by atoms with Gasteiger partial charge in [0.05, 0.1) is 7.11 Å². The number of methoxy groups -OCH3 is 1. The molecule has 0 fully saturated rings. The first kappa shape index (κ1) is 11.5. The third-order valence-electron chi connectivity index (χ3n) is 2.88. The van der Waals surface area contributed by atoms with Crippen molar-refractivity contribution in [3.05, 3.63) is 60.3 Å². The lowest BCUT2D eigenvalue weighted by Gasteiger charge is -2.28. The zero-order valence-electron chi connectivity index (χ0n) is 10.3. The van der Waals surface area contributed by atoms with Crippen molar-refractivity contribution >= 4 is 5.70 Å². The van der Waals surface area contributed by atoms with Crippen LogP contribution in [0.15, 0.2) is 54.8 Å². The monoisotopic (exact) mass is 227 g/mol. The Morgan fingerprint density at radius 1 is 1.24 bits per heavy atom. The number of ether oxygens (including phenoxy) is 1. The van der Waals surface area contributed by atoms with Crippen molar-refractivity contribution in [3.63, 3.8) is 0 Å². The molecule has 0 aromatic heterocycles. The van der Waals surface area contributed by atoms with E-state index in [1.54, 1.807) is 7.11 Å². The molecule has 1 aromatic rings. The molecule has 0 aliphatic carbocycles. The van der Waals surface area contributed by atoms with Crippen LogP contribution in [-0.4, -0.2) is 18.6 Å². The second-order valence-corrected chi connectivity index (χ2v) is 3.88. The summed E-state index contributed by atoms with van der Waals surface area (Å²) in [5, 5.41) is 0. The summed E-state index contributed by atoms with van der Waals surface area (Å²) in [5.41, 5.74) is 3.39. The first-order valence-corrected chi connectivity index (χ1v) is 5.75. The number of hydrogen-bond acceptors (Lipinski definition) is 2. The number of allylic oxidation sites excluding steroid dienone is 3. The number of benzene rings is 1. The largest absolute Gasteiger partial charge is 0.497 e. The summed E-state index contributed by atoms with van der Waals surface area (Å²) in [4.78, 5) is 2.20. The standard InChI is InChI=1S/C15H17NO/c1-4-16-12(2)6-5-7-15(16)13-8-10-14(17-3)11-9-13/h5-11H,2,4H2,1,3H3. The fraction of sp³-hybridized carbons (Fsp3) is 0.200. The highest BCUT2D eigenvalue weighted by molar-refractivity contribution is 5.69. The molecule has 1 aliphatic heterocycles. The second kappa shape index (κ2) is 4.91. The van der Waals surface area contributed by atoms with Crippen molar-refractivity contribution in [2.24, 2.45) is 0 Å². The van der Waals surface area contributed by atoms with E-state index in [1.807, 2.05) is 24.3 Å². The maximum absolute atomic E-state index is 5.17. The average Bonchev–Trinajstić information content (AvgIpc) is 2.38. The van der Waals surface area contributed by atoms with E-state index in [0.29, 0.717) is 0 Å². The quantitative estimate of drug-likeness (QED) is 0.784. The summed E-state index contributed by atoms with van der Waals surface area (Å²) in [5.74, 6) is 0.877. The van der Waals surface area contributed by atoms with Gasteiger partial charge in [-0.1, -0.05) is 12.7 Å². The van der Waals surface area contributed by atoms with Gasteiger partial charge < -0.3 is 9.64 Å². The third-order valence-corrected chi connectivity index (χ3v) is 2.88. The van der Waals surface area contributed by atoms with Gasteiger partial charge in [0.2, 0.25) is 0 Å². The summed E-state index contributed by atoms with van der Waals surface area (Å²) in [6.07, 6.45) is 6.17. The molecule has 0 unspecified atom stereocenters.